The number of benzene rings is 1. The van der Waals surface area contributed by atoms with Crippen LogP contribution in [-0.2, 0) is 0 Å². The molecule has 0 unspecified atom stereocenters. The fourth-order valence-electron chi connectivity index (χ4n) is 1.01. The standard InChI is InChI=1S/C9H7NO3/c1-5-2-3-6(9(12)13)8(11)7(5)4-10/h2-3,11H,1H3,(H,12,13). The van der Waals surface area contributed by atoms with E-state index in [0.29, 0.717) is 5.56 Å². The van der Waals surface area contributed by atoms with Gasteiger partial charge in [0.15, 0.2) is 0 Å². The molecule has 1 aromatic rings. The van der Waals surface area contributed by atoms with Gasteiger partial charge in [-0.1, -0.05) is 6.07 Å². The van der Waals surface area contributed by atoms with Crippen LogP contribution in [0.5, 0.6) is 5.75 Å². The Hall–Kier alpha value is -2.02. The van der Waals surface area contributed by atoms with Crippen LogP contribution in [0.4, 0.5) is 0 Å². The molecule has 0 amide bonds. The number of nitrogens with zero attached hydrogens (tertiary/aromatic N) is 1. The molecule has 13 heavy (non-hydrogen) atoms. The molecule has 0 atom stereocenters. The minimum absolute atomic E-state index is 0.0138. The van der Waals surface area contributed by atoms with Crippen molar-refractivity contribution in [1.82, 2.24) is 0 Å². The number of hydrogen-bond acceptors (Lipinski definition) is 3. The number of aryl methyl sites for hydroxylation is 1. The fourth-order valence-corrected chi connectivity index (χ4v) is 1.01. The Balaban J connectivity index is 3.47. The molecule has 0 heterocycles. The Kier molecular flexibility index (Phi) is 2.20. The van der Waals surface area contributed by atoms with Crippen molar-refractivity contribution in [3.63, 3.8) is 0 Å². The second-order valence-corrected chi connectivity index (χ2v) is 2.57. The zero-order valence-corrected chi connectivity index (χ0v) is 6.90. The molecule has 0 spiro atoms. The summed E-state index contributed by atoms with van der Waals surface area (Å²) in [6, 6.07) is 4.50. The lowest BCUT2D eigenvalue weighted by molar-refractivity contribution is 0.0693. The molecule has 0 saturated carbocycles. The fraction of sp³-hybridized carbons (Fsp3) is 0.111. The maximum absolute atomic E-state index is 10.5. The minimum atomic E-state index is -1.24. The van der Waals surface area contributed by atoms with Gasteiger partial charge in [-0.2, -0.15) is 5.26 Å². The van der Waals surface area contributed by atoms with Gasteiger partial charge in [-0.05, 0) is 18.6 Å². The van der Waals surface area contributed by atoms with Gasteiger partial charge in [-0.25, -0.2) is 4.79 Å². The summed E-state index contributed by atoms with van der Waals surface area (Å²) in [5, 5.41) is 26.5. The molecule has 0 aliphatic carbocycles. The van der Waals surface area contributed by atoms with Gasteiger partial charge < -0.3 is 10.2 Å². The predicted octanol–water partition coefficient (Wildman–Crippen LogP) is 1.27. The molecule has 0 bridgehead atoms. The van der Waals surface area contributed by atoms with Crippen molar-refractivity contribution >= 4 is 5.97 Å². The van der Waals surface area contributed by atoms with Gasteiger partial charge >= 0.3 is 5.97 Å². The predicted molar refractivity (Wildman–Crippen MR) is 44.5 cm³/mol. The Morgan fingerprint density at radius 3 is 2.62 bits per heavy atom. The van der Waals surface area contributed by atoms with Gasteiger partial charge in [-0.3, -0.25) is 0 Å². The van der Waals surface area contributed by atoms with Crippen LogP contribution in [0, 0.1) is 18.3 Å². The summed E-state index contributed by atoms with van der Waals surface area (Å²) in [5.74, 6) is -1.70. The molecule has 66 valence electrons. The molecule has 0 aromatic heterocycles. The second kappa shape index (κ2) is 3.15. The zero-order valence-electron chi connectivity index (χ0n) is 6.90. The molecule has 0 aliphatic rings. The highest BCUT2D eigenvalue weighted by Gasteiger charge is 2.14. The Labute approximate surface area is 74.7 Å². The minimum Gasteiger partial charge on any atom is -0.506 e. The Bertz CT molecular complexity index is 404. The highest BCUT2D eigenvalue weighted by atomic mass is 16.4. The lowest BCUT2D eigenvalue weighted by Crippen LogP contribution is -1.98. The third-order valence-corrected chi connectivity index (χ3v) is 1.73. The molecule has 1 rings (SSSR count). The number of aromatic hydroxyl groups is 1. The molecule has 1 aromatic carbocycles. The molecule has 0 radical (unpaired) electrons. The Morgan fingerprint density at radius 1 is 1.54 bits per heavy atom. The Morgan fingerprint density at radius 2 is 2.15 bits per heavy atom. The summed E-state index contributed by atoms with van der Waals surface area (Å²) in [6.07, 6.45) is 0. The van der Waals surface area contributed by atoms with E-state index in [4.69, 9.17) is 10.4 Å². The van der Waals surface area contributed by atoms with Crippen LogP contribution in [-0.4, -0.2) is 16.2 Å². The molecule has 2 N–H and O–H groups in total. The second-order valence-electron chi connectivity index (χ2n) is 2.57. The topological polar surface area (TPSA) is 81.3 Å². The summed E-state index contributed by atoms with van der Waals surface area (Å²) in [4.78, 5) is 10.5. The first-order valence-electron chi connectivity index (χ1n) is 3.54. The highest BCUT2D eigenvalue weighted by molar-refractivity contribution is 5.91. The normalized spacial score (nSPS) is 9.23. The molecular weight excluding hydrogens is 170 g/mol. The molecular formula is C9H7NO3. The van der Waals surface area contributed by atoms with Crippen LogP contribution in [0.1, 0.15) is 21.5 Å². The van der Waals surface area contributed by atoms with Crippen molar-refractivity contribution in [2.45, 2.75) is 6.92 Å². The van der Waals surface area contributed by atoms with Crippen LogP contribution in [0.2, 0.25) is 0 Å². The van der Waals surface area contributed by atoms with E-state index in [-0.39, 0.29) is 11.1 Å². The van der Waals surface area contributed by atoms with Crippen molar-refractivity contribution < 1.29 is 15.0 Å². The van der Waals surface area contributed by atoms with Gasteiger partial charge in [0.25, 0.3) is 0 Å². The van der Waals surface area contributed by atoms with E-state index in [0.717, 1.165) is 0 Å². The van der Waals surface area contributed by atoms with E-state index < -0.39 is 11.7 Å². The molecule has 0 fully saturated rings. The lowest BCUT2D eigenvalue weighted by atomic mass is 10.0. The van der Waals surface area contributed by atoms with Crippen molar-refractivity contribution in [2.24, 2.45) is 0 Å². The molecule has 4 nitrogen and oxygen atoms in total. The van der Waals surface area contributed by atoms with Crippen LogP contribution in [0.15, 0.2) is 12.1 Å². The summed E-state index contributed by atoms with van der Waals surface area (Å²) in [7, 11) is 0. The van der Waals surface area contributed by atoms with E-state index in [1.807, 2.05) is 0 Å². The maximum Gasteiger partial charge on any atom is 0.339 e. The van der Waals surface area contributed by atoms with E-state index >= 15 is 0 Å². The van der Waals surface area contributed by atoms with Gasteiger partial charge in [0.05, 0.1) is 5.56 Å². The number of nitriles is 1. The molecule has 4 heteroatoms. The summed E-state index contributed by atoms with van der Waals surface area (Å²) >= 11 is 0. The van der Waals surface area contributed by atoms with Gasteiger partial charge in [0, 0.05) is 0 Å². The summed E-state index contributed by atoms with van der Waals surface area (Å²) < 4.78 is 0. The van der Waals surface area contributed by atoms with Crippen molar-refractivity contribution in [1.29, 1.82) is 5.26 Å². The zero-order chi connectivity index (χ0) is 10.0. The maximum atomic E-state index is 10.5. The number of phenols is 1. The SMILES string of the molecule is Cc1ccc(C(=O)O)c(O)c1C#N. The first-order chi connectivity index (χ1) is 6.07. The van der Waals surface area contributed by atoms with Gasteiger partial charge in [0.2, 0.25) is 0 Å². The average Bonchev–Trinajstić information content (AvgIpc) is 2.04. The van der Waals surface area contributed by atoms with Gasteiger partial charge in [-0.15, -0.1) is 0 Å². The number of hydrogen-bond donors (Lipinski definition) is 2. The highest BCUT2D eigenvalue weighted by Crippen LogP contribution is 2.24. The van der Waals surface area contributed by atoms with Crippen LogP contribution in [0.25, 0.3) is 0 Å². The van der Waals surface area contributed by atoms with Crippen LogP contribution in [0.3, 0.4) is 0 Å². The first kappa shape index (κ1) is 9.07. The first-order valence-corrected chi connectivity index (χ1v) is 3.54. The van der Waals surface area contributed by atoms with Crippen LogP contribution < -0.4 is 0 Å². The number of carbonyl (C=O) groups is 1. The summed E-state index contributed by atoms with van der Waals surface area (Å²) in [6.45, 7) is 1.63. The number of aromatic carboxylic acids is 1. The van der Waals surface area contributed by atoms with Crippen molar-refractivity contribution in [3.8, 4) is 11.8 Å². The van der Waals surface area contributed by atoms with E-state index in [2.05, 4.69) is 0 Å². The number of carboxylic acids is 1. The summed E-state index contributed by atoms with van der Waals surface area (Å²) in [5.41, 5.74) is 0.326. The number of carboxylic acid groups (broad SMARTS) is 1. The monoisotopic (exact) mass is 177 g/mol. The smallest absolute Gasteiger partial charge is 0.339 e. The number of rotatable bonds is 1. The quantitative estimate of drug-likeness (QED) is 0.676. The third-order valence-electron chi connectivity index (χ3n) is 1.73. The lowest BCUT2D eigenvalue weighted by Gasteiger charge is -2.03. The van der Waals surface area contributed by atoms with Crippen LogP contribution >= 0.6 is 0 Å². The van der Waals surface area contributed by atoms with Gasteiger partial charge in [0.1, 0.15) is 17.4 Å². The van der Waals surface area contributed by atoms with E-state index in [9.17, 15) is 9.90 Å². The molecule has 0 saturated heterocycles. The van der Waals surface area contributed by atoms with E-state index in [1.54, 1.807) is 13.0 Å². The van der Waals surface area contributed by atoms with Crippen molar-refractivity contribution in [2.75, 3.05) is 0 Å². The van der Waals surface area contributed by atoms with Crippen molar-refractivity contribution in [3.05, 3.63) is 28.8 Å². The third kappa shape index (κ3) is 1.44. The van der Waals surface area contributed by atoms with E-state index in [1.165, 1.54) is 12.1 Å². The average molecular weight is 177 g/mol. The largest absolute Gasteiger partial charge is 0.506 e. The molecule has 0 aliphatic heterocycles.